The molecule has 1 saturated carbocycles. The summed E-state index contributed by atoms with van der Waals surface area (Å²) in [5.41, 5.74) is 4.34. The molecule has 1 fully saturated rings. The van der Waals surface area contributed by atoms with Crippen LogP contribution in [0.5, 0.6) is 17.2 Å². The molecule has 0 saturated heterocycles. The molecular formula is C36H38O4. The molecule has 4 aromatic rings. The van der Waals surface area contributed by atoms with Gasteiger partial charge < -0.3 is 14.2 Å². The Balaban J connectivity index is 1.02. The average Bonchev–Trinajstić information content (AvgIpc) is 3.02. The van der Waals surface area contributed by atoms with Crippen LogP contribution in [0.3, 0.4) is 0 Å². The summed E-state index contributed by atoms with van der Waals surface area (Å²) in [5.74, 6) is 2.44. The van der Waals surface area contributed by atoms with Gasteiger partial charge in [-0.3, -0.25) is 0 Å². The fourth-order valence-electron chi connectivity index (χ4n) is 5.28. The smallest absolute Gasteiger partial charge is 0.343 e. The van der Waals surface area contributed by atoms with Crippen LogP contribution in [0.15, 0.2) is 103 Å². The van der Waals surface area contributed by atoms with Gasteiger partial charge >= 0.3 is 5.97 Å². The molecule has 0 aliphatic heterocycles. The lowest BCUT2D eigenvalue weighted by Crippen LogP contribution is -2.09. The Morgan fingerprint density at radius 1 is 0.575 bits per heavy atom. The normalized spacial score (nSPS) is 13.5. The predicted molar refractivity (Wildman–Crippen MR) is 159 cm³/mol. The van der Waals surface area contributed by atoms with E-state index in [1.807, 2.05) is 42.5 Å². The summed E-state index contributed by atoms with van der Waals surface area (Å²) in [6.45, 7) is 0.0990. The number of esters is 1. The van der Waals surface area contributed by atoms with E-state index in [0.717, 1.165) is 30.9 Å². The van der Waals surface area contributed by atoms with Crippen LogP contribution in [-0.4, -0.2) is 12.8 Å². The zero-order chi connectivity index (χ0) is 27.4. The summed E-state index contributed by atoms with van der Waals surface area (Å²) >= 11 is 0. The standard InChI is InChI=1S/C36H38O4/c37-36(40-35-23-17-31(18-24-35)14-12-29-9-5-2-6-10-29)32-19-25-34(26-20-32)39-27-38-33-21-15-30(16-22-33)13-11-28-7-3-1-4-8-28/h2,5-6,9-10,15-26,28H,1,3-4,7-8,11-14,27H2. The number of rotatable bonds is 12. The Labute approximate surface area is 237 Å². The lowest BCUT2D eigenvalue weighted by molar-refractivity contribution is 0.0734. The number of carbonyl (C=O) groups is 1. The summed E-state index contributed by atoms with van der Waals surface area (Å²) in [4.78, 5) is 12.6. The van der Waals surface area contributed by atoms with Gasteiger partial charge in [0, 0.05) is 0 Å². The van der Waals surface area contributed by atoms with Crippen molar-refractivity contribution in [3.05, 3.63) is 125 Å². The number of hydrogen-bond acceptors (Lipinski definition) is 4. The fraction of sp³-hybridized carbons (Fsp3) is 0.306. The van der Waals surface area contributed by atoms with E-state index in [2.05, 4.69) is 36.4 Å². The predicted octanol–water partition coefficient (Wildman–Crippen LogP) is 8.62. The van der Waals surface area contributed by atoms with Crippen molar-refractivity contribution < 1.29 is 19.0 Å². The van der Waals surface area contributed by atoms with Crippen molar-refractivity contribution in [1.82, 2.24) is 0 Å². The molecule has 0 radical (unpaired) electrons. The van der Waals surface area contributed by atoms with Crippen molar-refractivity contribution in [2.75, 3.05) is 6.79 Å². The molecule has 1 aliphatic rings. The highest BCUT2D eigenvalue weighted by atomic mass is 16.7. The van der Waals surface area contributed by atoms with Crippen LogP contribution in [-0.2, 0) is 19.3 Å². The Hall–Kier alpha value is -4.05. The van der Waals surface area contributed by atoms with E-state index >= 15 is 0 Å². The molecule has 0 N–H and O–H groups in total. The first-order valence-corrected chi connectivity index (χ1v) is 14.5. The highest BCUT2D eigenvalue weighted by molar-refractivity contribution is 5.91. The van der Waals surface area contributed by atoms with Crippen molar-refractivity contribution in [2.24, 2.45) is 5.92 Å². The molecule has 1 aliphatic carbocycles. The molecule has 0 spiro atoms. The summed E-state index contributed by atoms with van der Waals surface area (Å²) in [6.07, 6.45) is 11.3. The van der Waals surface area contributed by atoms with Crippen molar-refractivity contribution in [3.8, 4) is 17.2 Å². The maximum atomic E-state index is 12.6. The summed E-state index contributed by atoms with van der Waals surface area (Å²) in [6, 6.07) is 33.3. The molecule has 0 unspecified atom stereocenters. The van der Waals surface area contributed by atoms with Gasteiger partial charge in [-0.15, -0.1) is 0 Å². The molecule has 206 valence electrons. The van der Waals surface area contributed by atoms with Gasteiger partial charge in [0.05, 0.1) is 5.56 Å². The molecule has 40 heavy (non-hydrogen) atoms. The number of ether oxygens (including phenoxy) is 3. The average molecular weight is 535 g/mol. The number of hydrogen-bond donors (Lipinski definition) is 0. The van der Waals surface area contributed by atoms with Crippen molar-refractivity contribution >= 4 is 5.97 Å². The van der Waals surface area contributed by atoms with Crippen LogP contribution in [0.2, 0.25) is 0 Å². The van der Waals surface area contributed by atoms with E-state index < -0.39 is 5.97 Å². The highest BCUT2D eigenvalue weighted by Crippen LogP contribution is 2.28. The Kier molecular flexibility index (Phi) is 9.88. The second-order valence-corrected chi connectivity index (χ2v) is 10.6. The van der Waals surface area contributed by atoms with E-state index in [-0.39, 0.29) is 6.79 Å². The second-order valence-electron chi connectivity index (χ2n) is 10.6. The molecule has 0 atom stereocenters. The molecule has 0 heterocycles. The maximum Gasteiger partial charge on any atom is 0.343 e. The molecule has 0 bridgehead atoms. The van der Waals surface area contributed by atoms with Crippen LogP contribution in [0.25, 0.3) is 0 Å². The van der Waals surface area contributed by atoms with Crippen molar-refractivity contribution in [1.29, 1.82) is 0 Å². The van der Waals surface area contributed by atoms with Crippen LogP contribution >= 0.6 is 0 Å². The SMILES string of the molecule is O=C(Oc1ccc(CCc2ccccc2)cc1)c1ccc(OCOc2ccc(CCC3CCCCC3)cc2)cc1. The van der Waals surface area contributed by atoms with Gasteiger partial charge in [0.15, 0.2) is 0 Å². The number of benzene rings is 4. The molecule has 0 aromatic heterocycles. The zero-order valence-electron chi connectivity index (χ0n) is 23.1. The molecular weight excluding hydrogens is 496 g/mol. The van der Waals surface area contributed by atoms with Gasteiger partial charge in [0.2, 0.25) is 6.79 Å². The number of aryl methyl sites for hydroxylation is 3. The van der Waals surface area contributed by atoms with Gasteiger partial charge in [0.25, 0.3) is 0 Å². The third kappa shape index (κ3) is 8.47. The van der Waals surface area contributed by atoms with E-state index in [1.165, 1.54) is 55.2 Å². The van der Waals surface area contributed by atoms with Crippen LogP contribution in [0.4, 0.5) is 0 Å². The van der Waals surface area contributed by atoms with Gasteiger partial charge in [-0.05, 0) is 96.8 Å². The summed E-state index contributed by atoms with van der Waals surface area (Å²) < 4.78 is 17.0. The van der Waals surface area contributed by atoms with Crippen LogP contribution in [0, 0.1) is 5.92 Å². The molecule has 4 aromatic carbocycles. The molecule has 5 rings (SSSR count). The minimum absolute atomic E-state index is 0.0990. The maximum absolute atomic E-state index is 12.6. The van der Waals surface area contributed by atoms with Gasteiger partial charge in [0.1, 0.15) is 17.2 Å². The van der Waals surface area contributed by atoms with Crippen molar-refractivity contribution in [2.45, 2.75) is 57.8 Å². The van der Waals surface area contributed by atoms with Crippen molar-refractivity contribution in [3.63, 3.8) is 0 Å². The third-order valence-electron chi connectivity index (χ3n) is 7.71. The van der Waals surface area contributed by atoms with Gasteiger partial charge in [-0.2, -0.15) is 0 Å². The summed E-state index contributed by atoms with van der Waals surface area (Å²) in [5, 5.41) is 0. The minimum Gasteiger partial charge on any atom is -0.458 e. The first-order valence-electron chi connectivity index (χ1n) is 14.5. The Bertz CT molecular complexity index is 1310. The van der Waals surface area contributed by atoms with E-state index in [0.29, 0.717) is 17.1 Å². The molecule has 4 heteroatoms. The minimum atomic E-state index is -0.400. The van der Waals surface area contributed by atoms with Crippen LogP contribution in [0.1, 0.15) is 65.6 Å². The highest BCUT2D eigenvalue weighted by Gasteiger charge is 2.13. The van der Waals surface area contributed by atoms with E-state index in [1.54, 1.807) is 24.3 Å². The summed E-state index contributed by atoms with van der Waals surface area (Å²) in [7, 11) is 0. The quantitative estimate of drug-likeness (QED) is 0.104. The molecule has 4 nitrogen and oxygen atoms in total. The van der Waals surface area contributed by atoms with Gasteiger partial charge in [-0.25, -0.2) is 4.79 Å². The third-order valence-corrected chi connectivity index (χ3v) is 7.71. The number of carbonyl (C=O) groups excluding carboxylic acids is 1. The largest absolute Gasteiger partial charge is 0.458 e. The van der Waals surface area contributed by atoms with E-state index in [9.17, 15) is 4.79 Å². The Morgan fingerprint density at radius 3 is 1.73 bits per heavy atom. The first kappa shape index (κ1) is 27.5. The Morgan fingerprint density at radius 2 is 1.10 bits per heavy atom. The van der Waals surface area contributed by atoms with E-state index in [4.69, 9.17) is 14.2 Å². The molecule has 0 amide bonds. The second kappa shape index (κ2) is 14.4. The zero-order valence-corrected chi connectivity index (χ0v) is 23.1. The lowest BCUT2D eigenvalue weighted by atomic mass is 9.85. The van der Waals surface area contributed by atoms with Crippen LogP contribution < -0.4 is 14.2 Å². The monoisotopic (exact) mass is 534 g/mol. The lowest BCUT2D eigenvalue weighted by Gasteiger charge is -2.21. The first-order chi connectivity index (χ1) is 19.7. The topological polar surface area (TPSA) is 44.8 Å². The fourth-order valence-corrected chi connectivity index (χ4v) is 5.28. The van der Waals surface area contributed by atoms with Gasteiger partial charge in [-0.1, -0.05) is 86.7 Å².